The van der Waals surface area contributed by atoms with Gasteiger partial charge in [-0.05, 0) is 31.2 Å². The molecule has 2 nitrogen and oxygen atoms in total. The number of hydrogen-bond acceptors (Lipinski definition) is 1. The zero-order chi connectivity index (χ0) is 13.3. The molecule has 1 aromatic heterocycles. The van der Waals surface area contributed by atoms with Gasteiger partial charge in [-0.15, -0.1) is 12.3 Å². The number of aromatic nitrogens is 1. The standard InChI is InChI=1S/C16H21NO/c1-5-6-7-8-17-12(2)9-13-14(17)10-16(3,4)11-15(13)18/h1,9H,6-8,10-11H2,2-4H3. The minimum atomic E-state index is 0.0821. The number of fused-ring (bicyclic) bond motifs is 1. The number of nitrogens with zero attached hydrogens (tertiary/aromatic N) is 1. The molecule has 2 heteroatoms. The first-order valence-electron chi connectivity index (χ1n) is 6.60. The topological polar surface area (TPSA) is 22.0 Å². The molecule has 1 aromatic rings. The van der Waals surface area contributed by atoms with E-state index >= 15 is 0 Å². The van der Waals surface area contributed by atoms with E-state index in [1.54, 1.807) is 0 Å². The van der Waals surface area contributed by atoms with E-state index in [4.69, 9.17) is 6.42 Å². The molecule has 18 heavy (non-hydrogen) atoms. The third kappa shape index (κ3) is 2.36. The Bertz CT molecular complexity index is 514. The monoisotopic (exact) mass is 243 g/mol. The number of carbonyl (C=O) groups excluding carboxylic acids is 1. The molecule has 0 spiro atoms. The van der Waals surface area contributed by atoms with Crippen molar-refractivity contribution in [2.24, 2.45) is 5.41 Å². The lowest BCUT2D eigenvalue weighted by atomic mass is 9.76. The summed E-state index contributed by atoms with van der Waals surface area (Å²) in [7, 11) is 0. The second-order valence-corrected chi connectivity index (χ2v) is 6.05. The van der Waals surface area contributed by atoms with Gasteiger partial charge in [0.1, 0.15) is 0 Å². The summed E-state index contributed by atoms with van der Waals surface area (Å²) in [4.78, 5) is 12.2. The van der Waals surface area contributed by atoms with Gasteiger partial charge in [-0.3, -0.25) is 4.79 Å². The van der Waals surface area contributed by atoms with Gasteiger partial charge in [0.05, 0.1) is 0 Å². The lowest BCUT2D eigenvalue weighted by Crippen LogP contribution is -2.28. The maximum Gasteiger partial charge on any atom is 0.165 e. The Kier molecular flexibility index (Phi) is 3.34. The highest BCUT2D eigenvalue weighted by Crippen LogP contribution is 2.36. The predicted molar refractivity (Wildman–Crippen MR) is 73.7 cm³/mol. The number of aryl methyl sites for hydroxylation is 1. The zero-order valence-electron chi connectivity index (χ0n) is 11.5. The number of ketones is 1. The molecule has 0 unspecified atom stereocenters. The molecule has 0 atom stereocenters. The van der Waals surface area contributed by atoms with Gasteiger partial charge in [-0.2, -0.15) is 0 Å². The van der Waals surface area contributed by atoms with Crippen molar-refractivity contribution in [2.45, 2.75) is 53.0 Å². The van der Waals surface area contributed by atoms with E-state index in [1.165, 1.54) is 11.4 Å². The minimum absolute atomic E-state index is 0.0821. The number of Topliss-reactive ketones (excluding diaryl/α,β-unsaturated/α-hetero) is 1. The average Bonchev–Trinajstić information content (AvgIpc) is 2.56. The molecule has 0 saturated heterocycles. The number of terminal acetylenes is 1. The van der Waals surface area contributed by atoms with Crippen LogP contribution in [0.2, 0.25) is 0 Å². The molecule has 0 saturated carbocycles. The Morgan fingerprint density at radius 1 is 1.44 bits per heavy atom. The summed E-state index contributed by atoms with van der Waals surface area (Å²) in [5.41, 5.74) is 3.42. The third-order valence-corrected chi connectivity index (χ3v) is 3.70. The molecular weight excluding hydrogens is 222 g/mol. The summed E-state index contributed by atoms with van der Waals surface area (Å²) >= 11 is 0. The Morgan fingerprint density at radius 2 is 2.17 bits per heavy atom. The summed E-state index contributed by atoms with van der Waals surface area (Å²) in [6.45, 7) is 7.34. The van der Waals surface area contributed by atoms with Crippen LogP contribution in [0.15, 0.2) is 6.07 Å². The average molecular weight is 243 g/mol. The highest BCUT2D eigenvalue weighted by atomic mass is 16.1. The summed E-state index contributed by atoms with van der Waals surface area (Å²) < 4.78 is 2.28. The molecule has 0 aromatic carbocycles. The van der Waals surface area contributed by atoms with Crippen molar-refractivity contribution in [2.75, 3.05) is 0 Å². The number of hydrogen-bond donors (Lipinski definition) is 0. The van der Waals surface area contributed by atoms with E-state index in [1.807, 2.05) is 6.07 Å². The Morgan fingerprint density at radius 3 is 2.83 bits per heavy atom. The zero-order valence-corrected chi connectivity index (χ0v) is 11.5. The van der Waals surface area contributed by atoms with Gasteiger partial charge >= 0.3 is 0 Å². The predicted octanol–water partition coefficient (Wildman–Crippen LogP) is 3.37. The van der Waals surface area contributed by atoms with Gasteiger partial charge in [0.25, 0.3) is 0 Å². The van der Waals surface area contributed by atoms with Crippen LogP contribution in [-0.4, -0.2) is 10.4 Å². The van der Waals surface area contributed by atoms with Crippen LogP contribution >= 0.6 is 0 Å². The maximum atomic E-state index is 12.2. The first-order chi connectivity index (χ1) is 8.44. The van der Waals surface area contributed by atoms with Crippen LogP contribution in [0.1, 0.15) is 54.9 Å². The smallest absolute Gasteiger partial charge is 0.165 e. The number of unbranched alkanes of at least 4 members (excludes halogenated alkanes) is 1. The summed E-state index contributed by atoms with van der Waals surface area (Å²) in [6, 6.07) is 2.04. The Balaban J connectivity index is 2.33. The molecule has 0 aliphatic heterocycles. The fourth-order valence-electron chi connectivity index (χ4n) is 2.86. The van der Waals surface area contributed by atoms with Gasteiger partial charge in [0, 0.05) is 36.3 Å². The van der Waals surface area contributed by atoms with Crippen molar-refractivity contribution in [3.05, 3.63) is 23.0 Å². The fourth-order valence-corrected chi connectivity index (χ4v) is 2.86. The molecule has 0 bridgehead atoms. The van der Waals surface area contributed by atoms with Crippen LogP contribution in [0.3, 0.4) is 0 Å². The molecule has 96 valence electrons. The van der Waals surface area contributed by atoms with Crippen LogP contribution in [-0.2, 0) is 13.0 Å². The van der Waals surface area contributed by atoms with Crippen LogP contribution in [0.25, 0.3) is 0 Å². The van der Waals surface area contributed by atoms with E-state index in [2.05, 4.69) is 31.3 Å². The molecule has 1 heterocycles. The van der Waals surface area contributed by atoms with E-state index in [0.29, 0.717) is 12.2 Å². The SMILES string of the molecule is C#CCCCn1c(C)cc2c1CC(C)(C)CC2=O. The van der Waals surface area contributed by atoms with Crippen molar-refractivity contribution in [3.8, 4) is 12.3 Å². The normalized spacial score (nSPS) is 17.3. The molecule has 1 aliphatic carbocycles. The summed E-state index contributed by atoms with van der Waals surface area (Å²) in [6.07, 6.45) is 8.71. The molecule has 0 fully saturated rings. The molecule has 0 amide bonds. The molecular formula is C16H21NO. The van der Waals surface area contributed by atoms with Crippen LogP contribution < -0.4 is 0 Å². The minimum Gasteiger partial charge on any atom is -0.348 e. The highest BCUT2D eigenvalue weighted by Gasteiger charge is 2.33. The van der Waals surface area contributed by atoms with Crippen molar-refractivity contribution in [3.63, 3.8) is 0 Å². The molecule has 0 N–H and O–H groups in total. The van der Waals surface area contributed by atoms with Gasteiger partial charge in [-0.1, -0.05) is 13.8 Å². The van der Waals surface area contributed by atoms with Gasteiger partial charge in [-0.25, -0.2) is 0 Å². The summed E-state index contributed by atoms with van der Waals surface area (Å²) in [5, 5.41) is 0. The van der Waals surface area contributed by atoms with Gasteiger partial charge in [0.2, 0.25) is 0 Å². The van der Waals surface area contributed by atoms with E-state index in [0.717, 1.165) is 31.4 Å². The van der Waals surface area contributed by atoms with Gasteiger partial charge < -0.3 is 4.57 Å². The summed E-state index contributed by atoms with van der Waals surface area (Å²) in [5.74, 6) is 2.97. The maximum absolute atomic E-state index is 12.2. The first-order valence-corrected chi connectivity index (χ1v) is 6.60. The lowest BCUT2D eigenvalue weighted by molar-refractivity contribution is 0.0910. The third-order valence-electron chi connectivity index (χ3n) is 3.70. The largest absolute Gasteiger partial charge is 0.348 e. The van der Waals surface area contributed by atoms with Crippen molar-refractivity contribution in [1.82, 2.24) is 4.57 Å². The van der Waals surface area contributed by atoms with Crippen molar-refractivity contribution in [1.29, 1.82) is 0 Å². The fraction of sp³-hybridized carbons (Fsp3) is 0.562. The quantitative estimate of drug-likeness (QED) is 0.589. The Hall–Kier alpha value is -1.49. The van der Waals surface area contributed by atoms with E-state index in [-0.39, 0.29) is 5.41 Å². The Labute approximate surface area is 109 Å². The first kappa shape index (κ1) is 13.0. The number of rotatable bonds is 3. The van der Waals surface area contributed by atoms with Crippen LogP contribution in [0, 0.1) is 24.7 Å². The van der Waals surface area contributed by atoms with Crippen molar-refractivity contribution < 1.29 is 4.79 Å². The lowest BCUT2D eigenvalue weighted by Gasteiger charge is -2.29. The van der Waals surface area contributed by atoms with Crippen molar-refractivity contribution >= 4 is 5.78 Å². The van der Waals surface area contributed by atoms with Crippen LogP contribution in [0.4, 0.5) is 0 Å². The highest BCUT2D eigenvalue weighted by molar-refractivity contribution is 5.99. The molecule has 0 radical (unpaired) electrons. The molecule has 1 aliphatic rings. The second-order valence-electron chi connectivity index (χ2n) is 6.05. The van der Waals surface area contributed by atoms with E-state index in [9.17, 15) is 4.79 Å². The number of carbonyl (C=O) groups is 1. The second kappa shape index (κ2) is 4.65. The van der Waals surface area contributed by atoms with Gasteiger partial charge in [0.15, 0.2) is 5.78 Å². The van der Waals surface area contributed by atoms with E-state index < -0.39 is 0 Å². The van der Waals surface area contributed by atoms with Crippen LogP contribution in [0.5, 0.6) is 0 Å². The molecule has 2 rings (SSSR count).